The van der Waals surface area contributed by atoms with Crippen molar-refractivity contribution in [1.82, 2.24) is 0 Å². The lowest BCUT2D eigenvalue weighted by molar-refractivity contribution is -0.119. The van der Waals surface area contributed by atoms with Crippen molar-refractivity contribution in [3.05, 3.63) is 53.3 Å². The molecule has 134 valence electrons. The van der Waals surface area contributed by atoms with E-state index in [1.165, 1.54) is 7.11 Å². The summed E-state index contributed by atoms with van der Waals surface area (Å²) < 4.78 is 21.4. The Labute approximate surface area is 149 Å². The van der Waals surface area contributed by atoms with E-state index in [9.17, 15) is 9.59 Å². The number of benzene rings is 2. The average Bonchev–Trinajstić information content (AvgIpc) is 2.95. The van der Waals surface area contributed by atoms with E-state index >= 15 is 0 Å². The van der Waals surface area contributed by atoms with E-state index < -0.39 is 5.91 Å². The number of Topliss-reactive ketones (excluding diaryl/α,β-unsaturated/α-hetero) is 1. The molecule has 2 N–H and O–H groups in total. The predicted molar refractivity (Wildman–Crippen MR) is 93.6 cm³/mol. The molecule has 0 aliphatic carbocycles. The Morgan fingerprint density at radius 2 is 1.88 bits per heavy atom. The summed E-state index contributed by atoms with van der Waals surface area (Å²) >= 11 is 0. The van der Waals surface area contributed by atoms with Crippen LogP contribution in [0.3, 0.4) is 0 Å². The van der Waals surface area contributed by atoms with Gasteiger partial charge < -0.3 is 24.7 Å². The van der Waals surface area contributed by atoms with E-state index in [4.69, 9.17) is 24.7 Å². The number of allylic oxidation sites excluding steroid dienone is 1. The molecule has 1 amide bonds. The van der Waals surface area contributed by atoms with Gasteiger partial charge in [-0.2, -0.15) is 0 Å². The zero-order valence-corrected chi connectivity index (χ0v) is 14.3. The maximum absolute atomic E-state index is 12.6. The number of hydrogen-bond donors (Lipinski definition) is 1. The topological polar surface area (TPSA) is 97.1 Å². The minimum atomic E-state index is -0.590. The first-order chi connectivity index (χ1) is 12.5. The van der Waals surface area contributed by atoms with Crippen LogP contribution in [-0.4, -0.2) is 32.5 Å². The van der Waals surface area contributed by atoms with Crippen molar-refractivity contribution in [2.75, 3.05) is 20.8 Å². The van der Waals surface area contributed by atoms with Gasteiger partial charge in [-0.15, -0.1) is 0 Å². The summed E-state index contributed by atoms with van der Waals surface area (Å²) in [4.78, 5) is 23.4. The van der Waals surface area contributed by atoms with Crippen molar-refractivity contribution in [3.63, 3.8) is 0 Å². The molecule has 2 aromatic rings. The lowest BCUT2D eigenvalue weighted by atomic mass is 10.1. The van der Waals surface area contributed by atoms with Crippen LogP contribution < -0.4 is 24.7 Å². The maximum Gasteiger partial charge on any atom is 0.255 e. The fourth-order valence-electron chi connectivity index (χ4n) is 2.50. The summed E-state index contributed by atoms with van der Waals surface area (Å²) in [5, 5.41) is 0. The van der Waals surface area contributed by atoms with Crippen molar-refractivity contribution in [2.45, 2.75) is 0 Å². The van der Waals surface area contributed by atoms with Crippen LogP contribution in [0.4, 0.5) is 0 Å². The van der Waals surface area contributed by atoms with Crippen LogP contribution >= 0.6 is 0 Å². The summed E-state index contributed by atoms with van der Waals surface area (Å²) in [6.07, 6.45) is 1.59. The molecule has 0 atom stereocenters. The van der Waals surface area contributed by atoms with Crippen molar-refractivity contribution in [3.8, 4) is 23.0 Å². The molecule has 0 unspecified atom stereocenters. The smallest absolute Gasteiger partial charge is 0.255 e. The third kappa shape index (κ3) is 3.46. The first-order valence-corrected chi connectivity index (χ1v) is 7.73. The number of methoxy groups -OCH3 is 2. The lowest BCUT2D eigenvalue weighted by Crippen LogP contribution is -2.19. The SMILES string of the molecule is COc1ccc(OC)c(/C=C2\Oc3cc(OCC(N)=O)ccc3C2=O)c1. The highest BCUT2D eigenvalue weighted by molar-refractivity contribution is 6.14. The number of nitrogens with two attached hydrogens (primary N) is 1. The van der Waals surface area contributed by atoms with Gasteiger partial charge in [0.15, 0.2) is 12.4 Å². The Morgan fingerprint density at radius 1 is 1.12 bits per heavy atom. The molecule has 7 nitrogen and oxygen atoms in total. The number of hydrogen-bond acceptors (Lipinski definition) is 6. The predicted octanol–water partition coefficient (Wildman–Crippen LogP) is 2.18. The first kappa shape index (κ1) is 17.3. The van der Waals surface area contributed by atoms with Crippen LogP contribution in [0.5, 0.6) is 23.0 Å². The minimum Gasteiger partial charge on any atom is -0.497 e. The molecule has 0 spiro atoms. The van der Waals surface area contributed by atoms with Crippen LogP contribution in [0.15, 0.2) is 42.2 Å². The molecule has 0 saturated heterocycles. The highest BCUT2D eigenvalue weighted by Gasteiger charge is 2.28. The van der Waals surface area contributed by atoms with Crippen molar-refractivity contribution >= 4 is 17.8 Å². The van der Waals surface area contributed by atoms with Gasteiger partial charge in [-0.3, -0.25) is 9.59 Å². The Morgan fingerprint density at radius 3 is 2.58 bits per heavy atom. The molecule has 1 aliphatic rings. The average molecular weight is 355 g/mol. The Hall–Kier alpha value is -3.48. The van der Waals surface area contributed by atoms with Gasteiger partial charge in [-0.05, 0) is 36.4 Å². The third-order valence-electron chi connectivity index (χ3n) is 3.75. The Kier molecular flexibility index (Phi) is 4.79. The zero-order chi connectivity index (χ0) is 18.7. The van der Waals surface area contributed by atoms with Crippen molar-refractivity contribution in [1.29, 1.82) is 0 Å². The fourth-order valence-corrected chi connectivity index (χ4v) is 2.50. The summed E-state index contributed by atoms with van der Waals surface area (Å²) in [7, 11) is 3.09. The van der Waals surface area contributed by atoms with Gasteiger partial charge in [0.1, 0.15) is 23.0 Å². The first-order valence-electron chi connectivity index (χ1n) is 7.73. The van der Waals surface area contributed by atoms with E-state index in [0.717, 1.165) is 0 Å². The van der Waals surface area contributed by atoms with Gasteiger partial charge in [-0.1, -0.05) is 0 Å². The van der Waals surface area contributed by atoms with Gasteiger partial charge in [0.2, 0.25) is 5.78 Å². The van der Waals surface area contributed by atoms with Crippen molar-refractivity contribution < 1.29 is 28.5 Å². The minimum absolute atomic E-state index is 0.151. The standard InChI is InChI=1S/C19H17NO6/c1-23-12-4-6-15(24-2)11(7-12)8-17-19(22)14-5-3-13(9-16(14)26-17)25-10-18(20)21/h3-9H,10H2,1-2H3,(H2,20,21)/b17-8-. The van der Waals surface area contributed by atoms with Crippen molar-refractivity contribution in [2.24, 2.45) is 5.73 Å². The second-order valence-corrected chi connectivity index (χ2v) is 5.46. The van der Waals surface area contributed by atoms with Crippen LogP contribution in [0.2, 0.25) is 0 Å². The van der Waals surface area contributed by atoms with Gasteiger partial charge in [-0.25, -0.2) is 0 Å². The molecule has 7 heteroatoms. The summed E-state index contributed by atoms with van der Waals surface area (Å²) in [6.45, 7) is -0.254. The number of ether oxygens (including phenoxy) is 4. The zero-order valence-electron chi connectivity index (χ0n) is 14.3. The number of rotatable bonds is 6. The molecule has 0 fully saturated rings. The van der Waals surface area contributed by atoms with Crippen LogP contribution in [-0.2, 0) is 4.79 Å². The number of ketones is 1. The molecule has 1 heterocycles. The normalized spacial score (nSPS) is 13.9. The largest absolute Gasteiger partial charge is 0.497 e. The number of fused-ring (bicyclic) bond motifs is 1. The number of carbonyl (C=O) groups is 2. The van der Waals surface area contributed by atoms with E-state index in [0.29, 0.717) is 34.1 Å². The second-order valence-electron chi connectivity index (χ2n) is 5.46. The molecule has 26 heavy (non-hydrogen) atoms. The summed E-state index contributed by atoms with van der Waals surface area (Å²) in [5.74, 6) is 1.25. The van der Waals surface area contributed by atoms with Crippen LogP contribution in [0, 0.1) is 0 Å². The summed E-state index contributed by atoms with van der Waals surface area (Å²) in [5.41, 5.74) is 6.11. The van der Waals surface area contributed by atoms with E-state index in [1.54, 1.807) is 49.6 Å². The molecular weight excluding hydrogens is 338 g/mol. The number of primary amides is 1. The van der Waals surface area contributed by atoms with Gasteiger partial charge >= 0.3 is 0 Å². The fraction of sp³-hybridized carbons (Fsp3) is 0.158. The highest BCUT2D eigenvalue weighted by Crippen LogP contribution is 2.36. The van der Waals surface area contributed by atoms with Crippen LogP contribution in [0.25, 0.3) is 6.08 Å². The second kappa shape index (κ2) is 7.18. The molecule has 0 radical (unpaired) electrons. The third-order valence-corrected chi connectivity index (χ3v) is 3.75. The molecule has 0 bridgehead atoms. The van der Waals surface area contributed by atoms with E-state index in [1.807, 2.05) is 0 Å². The molecule has 2 aromatic carbocycles. The van der Waals surface area contributed by atoms with E-state index in [2.05, 4.69) is 0 Å². The Bertz CT molecular complexity index is 903. The summed E-state index contributed by atoms with van der Waals surface area (Å²) in [6, 6.07) is 9.95. The molecule has 1 aliphatic heterocycles. The number of carbonyl (C=O) groups excluding carboxylic acids is 2. The number of amides is 1. The van der Waals surface area contributed by atoms with Crippen LogP contribution in [0.1, 0.15) is 15.9 Å². The van der Waals surface area contributed by atoms with Gasteiger partial charge in [0.25, 0.3) is 5.91 Å². The van der Waals surface area contributed by atoms with E-state index in [-0.39, 0.29) is 18.1 Å². The quantitative estimate of drug-likeness (QED) is 0.798. The maximum atomic E-state index is 12.6. The lowest BCUT2D eigenvalue weighted by Gasteiger charge is -2.08. The van der Waals surface area contributed by atoms with Gasteiger partial charge in [0, 0.05) is 11.6 Å². The molecule has 3 rings (SSSR count). The molecular formula is C19H17NO6. The molecule has 0 aromatic heterocycles. The highest BCUT2D eigenvalue weighted by atomic mass is 16.5. The monoisotopic (exact) mass is 355 g/mol. The molecule has 0 saturated carbocycles. The van der Waals surface area contributed by atoms with Gasteiger partial charge in [0.05, 0.1) is 19.8 Å². The Balaban J connectivity index is 1.90.